The van der Waals surface area contributed by atoms with E-state index in [9.17, 15) is 4.79 Å². The van der Waals surface area contributed by atoms with Gasteiger partial charge in [-0.05, 0) is 19.8 Å². The van der Waals surface area contributed by atoms with Crippen LogP contribution >= 0.6 is 0 Å². The molecule has 17 heavy (non-hydrogen) atoms. The van der Waals surface area contributed by atoms with Gasteiger partial charge in [0.05, 0.1) is 0 Å². The minimum atomic E-state index is 0.415. The fourth-order valence-corrected chi connectivity index (χ4v) is 1.92. The highest BCUT2D eigenvalue weighted by Gasteiger charge is 2.01. The molecular formula is C15H30O2. The molecule has 0 saturated heterocycles. The maximum atomic E-state index is 11.5. The van der Waals surface area contributed by atoms with E-state index in [1.165, 1.54) is 38.5 Å². The summed E-state index contributed by atoms with van der Waals surface area (Å²) in [7, 11) is 0. The van der Waals surface area contributed by atoms with Crippen molar-refractivity contribution in [1.29, 1.82) is 0 Å². The van der Waals surface area contributed by atoms with E-state index in [4.69, 9.17) is 4.74 Å². The van der Waals surface area contributed by atoms with Crippen molar-refractivity contribution in [2.45, 2.75) is 78.1 Å². The second-order valence-electron chi connectivity index (χ2n) is 4.71. The van der Waals surface area contributed by atoms with E-state index >= 15 is 0 Å². The van der Waals surface area contributed by atoms with Crippen molar-refractivity contribution in [2.75, 3.05) is 13.2 Å². The molecule has 0 rings (SSSR count). The van der Waals surface area contributed by atoms with Crippen LogP contribution in [0, 0.1) is 0 Å². The van der Waals surface area contributed by atoms with Crippen LogP contribution in [0.4, 0.5) is 0 Å². The van der Waals surface area contributed by atoms with Crippen molar-refractivity contribution in [1.82, 2.24) is 0 Å². The Kier molecular flexibility index (Phi) is 13.4. The molecule has 102 valence electrons. The molecule has 0 aromatic rings. The first-order valence-corrected chi connectivity index (χ1v) is 7.40. The molecule has 0 aliphatic carbocycles. The van der Waals surface area contributed by atoms with E-state index in [0.717, 1.165) is 32.5 Å². The molecule has 2 nitrogen and oxygen atoms in total. The number of rotatable bonds is 13. The lowest BCUT2D eigenvalue weighted by Crippen LogP contribution is -2.01. The molecule has 2 heteroatoms. The summed E-state index contributed by atoms with van der Waals surface area (Å²) in [6, 6.07) is 0. The van der Waals surface area contributed by atoms with E-state index in [1.807, 2.05) is 6.92 Å². The first-order chi connectivity index (χ1) is 8.31. The molecule has 0 atom stereocenters. The van der Waals surface area contributed by atoms with Gasteiger partial charge in [-0.1, -0.05) is 45.4 Å². The van der Waals surface area contributed by atoms with Crippen LogP contribution in [0.3, 0.4) is 0 Å². The lowest BCUT2D eigenvalue weighted by Gasteiger charge is -2.02. The van der Waals surface area contributed by atoms with E-state index in [2.05, 4.69) is 6.92 Å². The summed E-state index contributed by atoms with van der Waals surface area (Å²) in [5.41, 5.74) is 0. The van der Waals surface area contributed by atoms with Crippen molar-refractivity contribution in [2.24, 2.45) is 0 Å². The van der Waals surface area contributed by atoms with Crippen LogP contribution in [0.5, 0.6) is 0 Å². The van der Waals surface area contributed by atoms with Gasteiger partial charge in [0.1, 0.15) is 5.78 Å². The molecular weight excluding hydrogens is 212 g/mol. The molecule has 0 spiro atoms. The molecule has 0 fully saturated rings. The molecule has 0 saturated carbocycles. The van der Waals surface area contributed by atoms with Gasteiger partial charge in [-0.25, -0.2) is 0 Å². The van der Waals surface area contributed by atoms with Crippen molar-refractivity contribution < 1.29 is 9.53 Å². The first kappa shape index (κ1) is 16.6. The first-order valence-electron chi connectivity index (χ1n) is 7.40. The highest BCUT2D eigenvalue weighted by atomic mass is 16.5. The summed E-state index contributed by atoms with van der Waals surface area (Å²) in [5, 5.41) is 0. The second-order valence-corrected chi connectivity index (χ2v) is 4.71. The maximum absolute atomic E-state index is 11.5. The zero-order valence-corrected chi connectivity index (χ0v) is 11.8. The zero-order valence-electron chi connectivity index (χ0n) is 11.8. The summed E-state index contributed by atoms with van der Waals surface area (Å²) >= 11 is 0. The second kappa shape index (κ2) is 13.7. The van der Waals surface area contributed by atoms with Gasteiger partial charge in [0, 0.05) is 26.1 Å². The Morgan fingerprint density at radius 3 is 2.06 bits per heavy atom. The number of hydrogen-bond donors (Lipinski definition) is 0. The fourth-order valence-electron chi connectivity index (χ4n) is 1.92. The highest BCUT2D eigenvalue weighted by Crippen LogP contribution is 2.09. The van der Waals surface area contributed by atoms with Crippen LogP contribution in [-0.4, -0.2) is 19.0 Å². The minimum Gasteiger partial charge on any atom is -0.382 e. The molecule has 0 heterocycles. The Morgan fingerprint density at radius 2 is 1.41 bits per heavy atom. The Morgan fingerprint density at radius 1 is 0.824 bits per heavy atom. The molecule has 0 aliphatic rings. The lowest BCUT2D eigenvalue weighted by atomic mass is 10.1. The fraction of sp³-hybridized carbons (Fsp3) is 0.933. The number of unbranched alkanes of at least 4 members (excludes halogenated alkanes) is 6. The molecule has 0 unspecified atom stereocenters. The smallest absolute Gasteiger partial charge is 0.132 e. The number of ketones is 1. The van der Waals surface area contributed by atoms with Crippen LogP contribution in [0.15, 0.2) is 0 Å². The standard InChI is InChI=1S/C15H30O2/c1-3-5-6-7-8-9-10-12-15(16)13-11-14-17-4-2/h3-14H2,1-2H3. The van der Waals surface area contributed by atoms with Gasteiger partial charge in [-0.3, -0.25) is 4.79 Å². The Labute approximate surface area is 107 Å². The molecule has 0 N–H and O–H groups in total. The van der Waals surface area contributed by atoms with Crippen LogP contribution in [-0.2, 0) is 9.53 Å². The van der Waals surface area contributed by atoms with Gasteiger partial charge in [-0.15, -0.1) is 0 Å². The minimum absolute atomic E-state index is 0.415. The molecule has 0 radical (unpaired) electrons. The normalized spacial score (nSPS) is 10.7. The van der Waals surface area contributed by atoms with E-state index in [0.29, 0.717) is 12.2 Å². The average Bonchev–Trinajstić information content (AvgIpc) is 2.33. The van der Waals surface area contributed by atoms with Crippen molar-refractivity contribution in [3.63, 3.8) is 0 Å². The third kappa shape index (κ3) is 13.6. The molecule has 0 bridgehead atoms. The monoisotopic (exact) mass is 242 g/mol. The van der Waals surface area contributed by atoms with Gasteiger partial charge < -0.3 is 4.74 Å². The average molecular weight is 242 g/mol. The van der Waals surface area contributed by atoms with Crippen LogP contribution in [0.2, 0.25) is 0 Å². The predicted molar refractivity (Wildman–Crippen MR) is 73.3 cm³/mol. The van der Waals surface area contributed by atoms with Crippen molar-refractivity contribution >= 4 is 5.78 Å². The van der Waals surface area contributed by atoms with Crippen molar-refractivity contribution in [3.05, 3.63) is 0 Å². The van der Waals surface area contributed by atoms with Gasteiger partial charge in [-0.2, -0.15) is 0 Å². The van der Waals surface area contributed by atoms with E-state index < -0.39 is 0 Å². The zero-order chi connectivity index (χ0) is 12.8. The Bertz CT molecular complexity index is 166. The highest BCUT2D eigenvalue weighted by molar-refractivity contribution is 5.78. The Balaban J connectivity index is 3.11. The Hall–Kier alpha value is -0.370. The topological polar surface area (TPSA) is 26.3 Å². The van der Waals surface area contributed by atoms with Crippen LogP contribution in [0.25, 0.3) is 0 Å². The number of carbonyl (C=O) groups excluding carboxylic acids is 1. The van der Waals surface area contributed by atoms with E-state index in [-0.39, 0.29) is 0 Å². The number of Topliss-reactive ketones (excluding diaryl/α,β-unsaturated/α-hetero) is 1. The number of carbonyl (C=O) groups is 1. The molecule has 0 aliphatic heterocycles. The number of hydrogen-bond acceptors (Lipinski definition) is 2. The lowest BCUT2D eigenvalue weighted by molar-refractivity contribution is -0.119. The summed E-state index contributed by atoms with van der Waals surface area (Å²) in [5.74, 6) is 0.415. The predicted octanol–water partition coefficient (Wildman–Crippen LogP) is 4.51. The molecule has 0 aromatic heterocycles. The third-order valence-corrected chi connectivity index (χ3v) is 3.01. The van der Waals surface area contributed by atoms with Gasteiger partial charge in [0.15, 0.2) is 0 Å². The largest absolute Gasteiger partial charge is 0.382 e. The van der Waals surface area contributed by atoms with Gasteiger partial charge >= 0.3 is 0 Å². The van der Waals surface area contributed by atoms with Crippen LogP contribution in [0.1, 0.15) is 78.1 Å². The van der Waals surface area contributed by atoms with Crippen LogP contribution < -0.4 is 0 Å². The number of ether oxygens (including phenoxy) is 1. The SMILES string of the molecule is CCCCCCCCCC(=O)CCCOCC. The maximum Gasteiger partial charge on any atom is 0.132 e. The summed E-state index contributed by atoms with van der Waals surface area (Å²) < 4.78 is 5.21. The van der Waals surface area contributed by atoms with Gasteiger partial charge in [0.25, 0.3) is 0 Å². The third-order valence-electron chi connectivity index (χ3n) is 3.01. The summed E-state index contributed by atoms with van der Waals surface area (Å²) in [6.07, 6.45) is 11.3. The molecule has 0 amide bonds. The summed E-state index contributed by atoms with van der Waals surface area (Å²) in [6.45, 7) is 5.71. The van der Waals surface area contributed by atoms with E-state index in [1.54, 1.807) is 0 Å². The summed E-state index contributed by atoms with van der Waals surface area (Å²) in [4.78, 5) is 11.5. The molecule has 0 aromatic carbocycles. The van der Waals surface area contributed by atoms with Crippen molar-refractivity contribution in [3.8, 4) is 0 Å². The quantitative estimate of drug-likeness (QED) is 0.444. The van der Waals surface area contributed by atoms with Gasteiger partial charge in [0.2, 0.25) is 0 Å².